The van der Waals surface area contributed by atoms with Gasteiger partial charge in [0.15, 0.2) is 0 Å². The summed E-state index contributed by atoms with van der Waals surface area (Å²) in [6.45, 7) is 3.82. The van der Waals surface area contributed by atoms with Gasteiger partial charge in [0.1, 0.15) is 11.9 Å². The van der Waals surface area contributed by atoms with Gasteiger partial charge in [-0.25, -0.2) is 14.7 Å². The van der Waals surface area contributed by atoms with Crippen molar-refractivity contribution in [3.63, 3.8) is 0 Å². The van der Waals surface area contributed by atoms with Crippen molar-refractivity contribution in [2.24, 2.45) is 5.92 Å². The molecule has 0 bridgehead atoms. The Morgan fingerprint density at radius 3 is 2.38 bits per heavy atom. The quantitative estimate of drug-likeness (QED) is 0.573. The molecular weight excluding hydrogens is 405 g/mol. The maximum atomic E-state index is 13.0. The van der Waals surface area contributed by atoms with Gasteiger partial charge in [-0.3, -0.25) is 4.79 Å². The topological polar surface area (TPSA) is 79.5 Å². The highest BCUT2D eigenvalue weighted by Gasteiger charge is 2.47. The number of nitrogens with zero attached hydrogens (tertiary/aromatic N) is 3. The zero-order chi connectivity index (χ0) is 21.3. The lowest BCUT2D eigenvalue weighted by atomic mass is 10.0. The number of rotatable bonds is 5. The van der Waals surface area contributed by atoms with Crippen LogP contribution < -0.4 is 10.6 Å². The summed E-state index contributed by atoms with van der Waals surface area (Å²) in [5.41, 5.74) is 2.24. The fourth-order valence-electron chi connectivity index (χ4n) is 3.24. The van der Waals surface area contributed by atoms with Crippen LogP contribution in [0.5, 0.6) is 0 Å². The molecule has 0 saturated carbocycles. The Morgan fingerprint density at radius 1 is 1.17 bits per heavy atom. The molecule has 3 rings (SSSR count). The molecular formula is C19H19F3N4O2S. The standard InChI is InChI=1S/C19H19F3N4O2S/c1-11(2)16-17(27)26(13-3-5-14(6-4-13)29-19(20,21)22)18(28)25(16)10-12-7-8-24-15(23)9-12/h3-9,11,16H,10H2,1-2H3,(H2,23,24)/t16-/m1/s1. The van der Waals surface area contributed by atoms with Crippen LogP contribution in [0.1, 0.15) is 19.4 Å². The molecule has 3 amide bonds. The van der Waals surface area contributed by atoms with Gasteiger partial charge >= 0.3 is 11.5 Å². The van der Waals surface area contributed by atoms with Crippen LogP contribution in [-0.4, -0.2) is 33.4 Å². The molecule has 1 aliphatic heterocycles. The minimum atomic E-state index is -4.41. The maximum Gasteiger partial charge on any atom is 0.446 e. The van der Waals surface area contributed by atoms with Gasteiger partial charge in [-0.1, -0.05) is 13.8 Å². The Morgan fingerprint density at radius 2 is 1.83 bits per heavy atom. The number of alkyl halides is 3. The van der Waals surface area contributed by atoms with Crippen molar-refractivity contribution in [3.8, 4) is 0 Å². The second-order valence-electron chi connectivity index (χ2n) is 6.90. The molecule has 6 nitrogen and oxygen atoms in total. The van der Waals surface area contributed by atoms with E-state index in [4.69, 9.17) is 5.73 Å². The molecule has 1 aromatic carbocycles. The van der Waals surface area contributed by atoms with Crippen LogP contribution in [0.2, 0.25) is 0 Å². The Bertz CT molecular complexity index is 918. The molecule has 154 valence electrons. The molecule has 1 aromatic heterocycles. The van der Waals surface area contributed by atoms with Crippen LogP contribution in [0.3, 0.4) is 0 Å². The maximum absolute atomic E-state index is 13.0. The van der Waals surface area contributed by atoms with E-state index in [9.17, 15) is 22.8 Å². The summed E-state index contributed by atoms with van der Waals surface area (Å²) in [4.78, 5) is 32.4. The SMILES string of the molecule is CC(C)[C@@H]1C(=O)N(c2ccc(SC(F)(F)F)cc2)C(=O)N1Cc1ccnc(N)c1. The third-order valence-electron chi connectivity index (χ3n) is 4.40. The van der Waals surface area contributed by atoms with Gasteiger partial charge in [0.25, 0.3) is 5.91 Å². The number of carbonyl (C=O) groups excluding carboxylic acids is 2. The van der Waals surface area contributed by atoms with Gasteiger partial charge in [-0.05, 0) is 59.6 Å². The summed E-state index contributed by atoms with van der Waals surface area (Å²) in [6.07, 6.45) is 1.52. The average molecular weight is 424 g/mol. The number of carbonyl (C=O) groups is 2. The first kappa shape index (κ1) is 21.0. The highest BCUT2D eigenvalue weighted by atomic mass is 32.2. The van der Waals surface area contributed by atoms with Gasteiger partial charge in [0.05, 0.1) is 5.69 Å². The molecule has 2 N–H and O–H groups in total. The van der Waals surface area contributed by atoms with Gasteiger partial charge < -0.3 is 10.6 Å². The number of aromatic nitrogens is 1. The predicted molar refractivity (Wildman–Crippen MR) is 104 cm³/mol. The first-order valence-corrected chi connectivity index (χ1v) is 9.59. The van der Waals surface area contributed by atoms with Crippen molar-refractivity contribution in [1.82, 2.24) is 9.88 Å². The van der Waals surface area contributed by atoms with Gasteiger partial charge in [-0.2, -0.15) is 13.2 Å². The fourth-order valence-corrected chi connectivity index (χ4v) is 3.78. The predicted octanol–water partition coefficient (Wildman–Crippen LogP) is 4.27. The molecule has 1 fully saturated rings. The van der Waals surface area contributed by atoms with Crippen molar-refractivity contribution in [1.29, 1.82) is 0 Å². The van der Waals surface area contributed by atoms with Crippen LogP contribution in [0.25, 0.3) is 0 Å². The molecule has 0 radical (unpaired) electrons. The van der Waals surface area contributed by atoms with Gasteiger partial charge in [0.2, 0.25) is 0 Å². The van der Waals surface area contributed by atoms with E-state index in [1.807, 2.05) is 13.8 Å². The Kier molecular flexibility index (Phi) is 5.74. The lowest BCUT2D eigenvalue weighted by molar-refractivity contribution is -0.120. The zero-order valence-electron chi connectivity index (χ0n) is 15.7. The van der Waals surface area contributed by atoms with Crippen molar-refractivity contribution in [2.45, 2.75) is 36.8 Å². The number of anilines is 2. The van der Waals surface area contributed by atoms with Crippen LogP contribution >= 0.6 is 11.8 Å². The highest BCUT2D eigenvalue weighted by Crippen LogP contribution is 2.38. The number of hydrogen-bond donors (Lipinski definition) is 1. The van der Waals surface area contributed by atoms with E-state index in [2.05, 4.69) is 4.98 Å². The second-order valence-corrected chi connectivity index (χ2v) is 8.04. The van der Waals surface area contributed by atoms with E-state index >= 15 is 0 Å². The fraction of sp³-hybridized carbons (Fsp3) is 0.316. The molecule has 2 aromatic rings. The number of nitrogens with two attached hydrogens (primary N) is 1. The molecule has 10 heteroatoms. The van der Waals surface area contributed by atoms with Gasteiger partial charge in [-0.15, -0.1) is 0 Å². The monoisotopic (exact) mass is 424 g/mol. The molecule has 0 unspecified atom stereocenters. The molecule has 1 aliphatic rings. The Labute approximate surface area is 169 Å². The summed E-state index contributed by atoms with van der Waals surface area (Å²) < 4.78 is 37.6. The van der Waals surface area contributed by atoms with Crippen molar-refractivity contribution < 1.29 is 22.8 Å². The number of hydrogen-bond acceptors (Lipinski definition) is 5. The molecule has 2 heterocycles. The summed E-state index contributed by atoms with van der Waals surface area (Å²) >= 11 is -0.254. The number of thioether (sulfide) groups is 1. The first-order chi connectivity index (χ1) is 13.6. The third-order valence-corrected chi connectivity index (χ3v) is 5.14. The van der Waals surface area contributed by atoms with E-state index in [-0.39, 0.29) is 34.8 Å². The molecule has 0 aliphatic carbocycles. The average Bonchev–Trinajstić information content (AvgIpc) is 2.85. The first-order valence-electron chi connectivity index (χ1n) is 8.77. The molecule has 1 atom stereocenters. The minimum Gasteiger partial charge on any atom is -0.384 e. The number of pyridine rings is 1. The number of amides is 3. The minimum absolute atomic E-state index is 0.0233. The van der Waals surface area contributed by atoms with E-state index < -0.39 is 23.5 Å². The second kappa shape index (κ2) is 7.94. The molecule has 0 spiro atoms. The van der Waals surface area contributed by atoms with Crippen LogP contribution in [0, 0.1) is 5.92 Å². The Balaban J connectivity index is 1.88. The van der Waals surface area contributed by atoms with Crippen LogP contribution in [0.4, 0.5) is 29.5 Å². The van der Waals surface area contributed by atoms with E-state index in [0.717, 1.165) is 10.5 Å². The largest absolute Gasteiger partial charge is 0.446 e. The zero-order valence-corrected chi connectivity index (χ0v) is 16.5. The Hall–Kier alpha value is -2.75. The number of urea groups is 1. The van der Waals surface area contributed by atoms with Gasteiger partial charge in [0, 0.05) is 17.6 Å². The smallest absolute Gasteiger partial charge is 0.384 e. The number of nitrogen functional groups attached to an aromatic ring is 1. The molecule has 29 heavy (non-hydrogen) atoms. The normalized spacial score (nSPS) is 17.5. The van der Waals surface area contributed by atoms with E-state index in [1.165, 1.54) is 35.4 Å². The van der Waals surface area contributed by atoms with E-state index in [0.29, 0.717) is 5.82 Å². The summed E-state index contributed by atoms with van der Waals surface area (Å²) in [6, 6.07) is 7.28. The van der Waals surface area contributed by atoms with Crippen LogP contribution in [0.15, 0.2) is 47.5 Å². The van der Waals surface area contributed by atoms with Crippen molar-refractivity contribution in [2.75, 3.05) is 10.6 Å². The van der Waals surface area contributed by atoms with E-state index in [1.54, 1.807) is 12.1 Å². The summed E-state index contributed by atoms with van der Waals surface area (Å²) in [7, 11) is 0. The third kappa shape index (κ3) is 4.64. The summed E-state index contributed by atoms with van der Waals surface area (Å²) in [5, 5.41) is 0. The lowest BCUT2D eigenvalue weighted by Gasteiger charge is -2.24. The highest BCUT2D eigenvalue weighted by molar-refractivity contribution is 8.00. The molecule has 1 saturated heterocycles. The number of benzene rings is 1. The van der Waals surface area contributed by atoms with Crippen molar-refractivity contribution >= 4 is 35.2 Å². The lowest BCUT2D eigenvalue weighted by Crippen LogP contribution is -2.38. The number of imide groups is 1. The summed E-state index contributed by atoms with van der Waals surface area (Å²) in [5.74, 6) is -0.268. The van der Waals surface area contributed by atoms with Crippen LogP contribution in [-0.2, 0) is 11.3 Å². The van der Waals surface area contributed by atoms with Crippen molar-refractivity contribution in [3.05, 3.63) is 48.2 Å². The number of halogens is 3.